The molecule has 1 aromatic rings. The maximum atomic E-state index is 12.2. The third-order valence-corrected chi connectivity index (χ3v) is 1.95. The van der Waals surface area contributed by atoms with E-state index in [1.54, 1.807) is 0 Å². The Morgan fingerprint density at radius 1 is 1.17 bits per heavy atom. The maximum absolute atomic E-state index is 12.2. The van der Waals surface area contributed by atoms with Gasteiger partial charge in [-0.1, -0.05) is 0 Å². The molecule has 1 rings (SSSR count). The zero-order chi connectivity index (χ0) is 8.48. The van der Waals surface area contributed by atoms with Crippen LogP contribution in [0.2, 0.25) is 0 Å². The quantitative estimate of drug-likeness (QED) is 0.378. The normalized spacial score (nSPS) is 10.5. The fourth-order valence-corrected chi connectivity index (χ4v) is 1.07. The smallest absolute Gasteiger partial charge is 0.744 e. The number of hydrogen-bond donors (Lipinski definition) is 0. The Kier molecular flexibility index (Phi) is 4.36. The van der Waals surface area contributed by atoms with Crippen LogP contribution >= 0.6 is 0 Å². The molecular formula is C6H4FNaO3S. The van der Waals surface area contributed by atoms with Crippen LogP contribution in [0, 0.1) is 5.82 Å². The van der Waals surface area contributed by atoms with E-state index in [4.69, 9.17) is 0 Å². The Morgan fingerprint density at radius 3 is 1.92 bits per heavy atom. The summed E-state index contributed by atoms with van der Waals surface area (Å²) in [7, 11) is -4.44. The summed E-state index contributed by atoms with van der Waals surface area (Å²) >= 11 is 0. The first-order valence-electron chi connectivity index (χ1n) is 2.71. The summed E-state index contributed by atoms with van der Waals surface area (Å²) < 4.78 is 43.0. The van der Waals surface area contributed by atoms with E-state index in [-0.39, 0.29) is 29.6 Å². The van der Waals surface area contributed by atoms with Gasteiger partial charge >= 0.3 is 29.6 Å². The topological polar surface area (TPSA) is 57.2 Å². The molecule has 1 aromatic carbocycles. The van der Waals surface area contributed by atoms with Crippen molar-refractivity contribution in [1.82, 2.24) is 0 Å². The van der Waals surface area contributed by atoms with Gasteiger partial charge in [-0.25, -0.2) is 12.8 Å². The molecule has 3 nitrogen and oxygen atoms in total. The van der Waals surface area contributed by atoms with Gasteiger partial charge in [-0.3, -0.25) is 0 Å². The zero-order valence-electron chi connectivity index (χ0n) is 6.32. The van der Waals surface area contributed by atoms with Gasteiger partial charge in [0.1, 0.15) is 15.9 Å². The monoisotopic (exact) mass is 198 g/mol. The van der Waals surface area contributed by atoms with Crippen molar-refractivity contribution >= 4 is 10.1 Å². The third-order valence-electron chi connectivity index (χ3n) is 1.10. The Morgan fingerprint density at radius 2 is 1.58 bits per heavy atom. The molecule has 0 saturated heterocycles. The number of rotatable bonds is 1. The van der Waals surface area contributed by atoms with Crippen molar-refractivity contribution in [2.24, 2.45) is 0 Å². The molecule has 0 aliphatic heterocycles. The van der Waals surface area contributed by atoms with Crippen LogP contribution in [0.25, 0.3) is 0 Å². The van der Waals surface area contributed by atoms with E-state index >= 15 is 0 Å². The average molecular weight is 198 g/mol. The Labute approximate surface area is 91.6 Å². The molecule has 6 heteroatoms. The minimum atomic E-state index is -4.44. The molecule has 0 saturated carbocycles. The van der Waals surface area contributed by atoms with Gasteiger partial charge < -0.3 is 4.55 Å². The summed E-state index contributed by atoms with van der Waals surface area (Å²) in [5.74, 6) is -0.572. The largest absolute Gasteiger partial charge is 1.00 e. The summed E-state index contributed by atoms with van der Waals surface area (Å²) in [6.45, 7) is 0. The number of hydrogen-bond acceptors (Lipinski definition) is 3. The third kappa shape index (κ3) is 3.20. The van der Waals surface area contributed by atoms with E-state index in [1.807, 2.05) is 0 Å². The van der Waals surface area contributed by atoms with Crippen molar-refractivity contribution in [2.45, 2.75) is 4.90 Å². The van der Waals surface area contributed by atoms with Gasteiger partial charge in [0.05, 0.1) is 4.90 Å². The molecule has 0 spiro atoms. The van der Waals surface area contributed by atoms with E-state index in [9.17, 15) is 17.4 Å². The molecule has 0 fully saturated rings. The first kappa shape index (κ1) is 12.1. The van der Waals surface area contributed by atoms with Gasteiger partial charge in [0.25, 0.3) is 0 Å². The average Bonchev–Trinajstić information content (AvgIpc) is 1.86. The Balaban J connectivity index is 0.00000121. The van der Waals surface area contributed by atoms with Gasteiger partial charge in [-0.2, -0.15) is 0 Å². The second kappa shape index (κ2) is 4.34. The molecule has 0 aliphatic carbocycles. The van der Waals surface area contributed by atoms with Crippen LogP contribution in [-0.2, 0) is 10.1 Å². The molecule has 60 valence electrons. The van der Waals surface area contributed by atoms with Crippen molar-refractivity contribution in [2.75, 3.05) is 0 Å². The molecule has 0 radical (unpaired) electrons. The second-order valence-corrected chi connectivity index (χ2v) is 3.29. The molecule has 0 heterocycles. The summed E-state index contributed by atoms with van der Waals surface area (Å²) in [4.78, 5) is -0.418. The SMILES string of the molecule is O=S(=O)([O-])c1ccc(F)cc1.[Na+]. The minimum Gasteiger partial charge on any atom is -0.744 e. The fourth-order valence-electron chi connectivity index (χ4n) is 0.601. The van der Waals surface area contributed by atoms with Crippen LogP contribution in [0.5, 0.6) is 0 Å². The van der Waals surface area contributed by atoms with E-state index in [0.717, 1.165) is 24.3 Å². The van der Waals surface area contributed by atoms with Gasteiger partial charge in [0.2, 0.25) is 0 Å². The number of halogens is 1. The van der Waals surface area contributed by atoms with Crippen LogP contribution in [0.4, 0.5) is 4.39 Å². The summed E-state index contributed by atoms with van der Waals surface area (Å²) in [6, 6.07) is 3.70. The molecule has 0 unspecified atom stereocenters. The number of benzene rings is 1. The second-order valence-electron chi connectivity index (χ2n) is 1.91. The van der Waals surface area contributed by atoms with Crippen LogP contribution in [0.1, 0.15) is 0 Å². The van der Waals surface area contributed by atoms with Gasteiger partial charge in [-0.15, -0.1) is 0 Å². The Bertz CT molecular complexity index is 346. The van der Waals surface area contributed by atoms with E-state index in [2.05, 4.69) is 0 Å². The van der Waals surface area contributed by atoms with Crippen LogP contribution in [0.3, 0.4) is 0 Å². The van der Waals surface area contributed by atoms with Crippen LogP contribution < -0.4 is 29.6 Å². The van der Waals surface area contributed by atoms with Crippen molar-refractivity contribution < 1.29 is 46.9 Å². The molecule has 0 aliphatic rings. The molecule has 0 atom stereocenters. The first-order chi connectivity index (χ1) is 5.00. The molecule has 0 bridgehead atoms. The Hall–Kier alpha value is 0.0600. The van der Waals surface area contributed by atoms with Crippen molar-refractivity contribution in [1.29, 1.82) is 0 Å². The summed E-state index contributed by atoms with van der Waals surface area (Å²) in [5.41, 5.74) is 0. The van der Waals surface area contributed by atoms with Gasteiger partial charge in [0.15, 0.2) is 0 Å². The van der Waals surface area contributed by atoms with Gasteiger partial charge in [-0.05, 0) is 24.3 Å². The molecular weight excluding hydrogens is 194 g/mol. The van der Waals surface area contributed by atoms with Crippen LogP contribution in [-0.4, -0.2) is 13.0 Å². The van der Waals surface area contributed by atoms with E-state index < -0.39 is 20.8 Å². The maximum Gasteiger partial charge on any atom is 1.00 e. The summed E-state index contributed by atoms with van der Waals surface area (Å²) in [6.07, 6.45) is 0. The van der Waals surface area contributed by atoms with Gasteiger partial charge in [0, 0.05) is 0 Å². The summed E-state index contributed by atoms with van der Waals surface area (Å²) in [5, 5.41) is 0. The minimum absolute atomic E-state index is 0. The predicted octanol–water partition coefficient (Wildman–Crippen LogP) is -2.27. The predicted molar refractivity (Wildman–Crippen MR) is 34.4 cm³/mol. The molecule has 0 aromatic heterocycles. The van der Waals surface area contributed by atoms with Crippen molar-refractivity contribution in [3.05, 3.63) is 30.1 Å². The van der Waals surface area contributed by atoms with Crippen molar-refractivity contribution in [3.63, 3.8) is 0 Å². The molecule has 0 N–H and O–H groups in total. The van der Waals surface area contributed by atoms with E-state index in [1.165, 1.54) is 0 Å². The van der Waals surface area contributed by atoms with Crippen LogP contribution in [0.15, 0.2) is 29.2 Å². The zero-order valence-corrected chi connectivity index (χ0v) is 9.14. The first-order valence-corrected chi connectivity index (χ1v) is 4.12. The van der Waals surface area contributed by atoms with E-state index in [0.29, 0.717) is 0 Å². The molecule has 12 heavy (non-hydrogen) atoms. The van der Waals surface area contributed by atoms with Crippen molar-refractivity contribution in [3.8, 4) is 0 Å². The molecule has 0 amide bonds. The fraction of sp³-hybridized carbons (Fsp3) is 0. The standard InChI is InChI=1S/C6H5FO3S.Na/c7-5-1-3-6(4-2-5)11(8,9)10;/h1-4H,(H,8,9,10);/q;+1/p-1.